The number of benzene rings is 4. The Kier molecular flexibility index (Phi) is 10.9. The first-order valence-corrected chi connectivity index (χ1v) is 16.1. The van der Waals surface area contributed by atoms with Gasteiger partial charge in [-0.1, -0.05) is 97.4 Å². The lowest BCUT2D eigenvalue weighted by atomic mass is 10.0. The van der Waals surface area contributed by atoms with E-state index in [2.05, 4.69) is 5.32 Å². The van der Waals surface area contributed by atoms with Gasteiger partial charge in [-0.25, -0.2) is 12.8 Å². The van der Waals surface area contributed by atoms with Gasteiger partial charge in [0.15, 0.2) is 0 Å². The summed E-state index contributed by atoms with van der Waals surface area (Å²) in [4.78, 5) is 29.6. The Labute approximate surface area is 259 Å². The third kappa shape index (κ3) is 8.11. The quantitative estimate of drug-likeness (QED) is 0.203. The topological polar surface area (TPSA) is 86.8 Å². The van der Waals surface area contributed by atoms with Crippen LogP contribution in [0.5, 0.6) is 0 Å². The minimum atomic E-state index is -4.37. The molecule has 2 unspecified atom stereocenters. The molecule has 0 heterocycles. The first kappa shape index (κ1) is 32.4. The van der Waals surface area contributed by atoms with Gasteiger partial charge in [0.1, 0.15) is 18.4 Å². The van der Waals surface area contributed by atoms with E-state index in [0.29, 0.717) is 6.42 Å². The van der Waals surface area contributed by atoms with Gasteiger partial charge in [0.2, 0.25) is 11.8 Å². The van der Waals surface area contributed by atoms with E-state index in [4.69, 9.17) is 0 Å². The molecule has 0 radical (unpaired) electrons. The monoisotopic (exact) mass is 615 g/mol. The van der Waals surface area contributed by atoms with Gasteiger partial charge in [-0.3, -0.25) is 13.9 Å². The van der Waals surface area contributed by atoms with E-state index in [1.54, 1.807) is 18.2 Å². The second-order valence-electron chi connectivity index (χ2n) is 10.8. The van der Waals surface area contributed by atoms with E-state index >= 15 is 4.39 Å². The zero-order valence-electron chi connectivity index (χ0n) is 25.2. The van der Waals surface area contributed by atoms with E-state index in [0.717, 1.165) is 27.1 Å². The van der Waals surface area contributed by atoms with Gasteiger partial charge in [-0.2, -0.15) is 0 Å². The summed E-state index contributed by atoms with van der Waals surface area (Å²) in [5.41, 5.74) is 2.37. The van der Waals surface area contributed by atoms with E-state index < -0.39 is 34.3 Å². The Morgan fingerprint density at radius 2 is 1.41 bits per heavy atom. The molecule has 0 spiro atoms. The molecule has 44 heavy (non-hydrogen) atoms. The van der Waals surface area contributed by atoms with Crippen LogP contribution in [-0.4, -0.2) is 43.8 Å². The number of sulfonamides is 1. The maximum absolute atomic E-state index is 15.2. The Bertz CT molecular complexity index is 1650. The maximum atomic E-state index is 15.2. The molecular weight excluding hydrogens is 577 g/mol. The maximum Gasteiger partial charge on any atom is 0.264 e. The highest BCUT2D eigenvalue weighted by Gasteiger charge is 2.35. The van der Waals surface area contributed by atoms with Crippen LogP contribution in [0.3, 0.4) is 0 Å². The number of nitrogens with zero attached hydrogens (tertiary/aromatic N) is 2. The van der Waals surface area contributed by atoms with Crippen LogP contribution >= 0.6 is 0 Å². The van der Waals surface area contributed by atoms with E-state index in [1.165, 1.54) is 35.2 Å². The molecule has 0 aliphatic rings. The molecule has 4 rings (SSSR count). The average Bonchev–Trinajstić information content (AvgIpc) is 3.03. The predicted molar refractivity (Wildman–Crippen MR) is 171 cm³/mol. The summed E-state index contributed by atoms with van der Waals surface area (Å²) >= 11 is 0. The molecule has 0 aliphatic heterocycles. The highest BCUT2D eigenvalue weighted by atomic mass is 32.2. The minimum Gasteiger partial charge on any atom is -0.352 e. The fourth-order valence-electron chi connectivity index (χ4n) is 4.77. The lowest BCUT2D eigenvalue weighted by molar-refractivity contribution is -0.140. The van der Waals surface area contributed by atoms with Gasteiger partial charge in [0, 0.05) is 19.0 Å². The van der Waals surface area contributed by atoms with Crippen molar-refractivity contribution in [1.29, 1.82) is 0 Å². The van der Waals surface area contributed by atoms with Gasteiger partial charge in [0.25, 0.3) is 10.0 Å². The van der Waals surface area contributed by atoms with E-state index in [-0.39, 0.29) is 35.5 Å². The van der Waals surface area contributed by atoms with Crippen molar-refractivity contribution in [2.24, 2.45) is 0 Å². The number of para-hydroxylation sites is 1. The predicted octanol–water partition coefficient (Wildman–Crippen LogP) is 5.88. The second-order valence-corrected chi connectivity index (χ2v) is 12.7. The Morgan fingerprint density at radius 1 is 0.818 bits per heavy atom. The first-order valence-electron chi connectivity index (χ1n) is 14.6. The van der Waals surface area contributed by atoms with Crippen LogP contribution in [0.4, 0.5) is 10.1 Å². The summed E-state index contributed by atoms with van der Waals surface area (Å²) in [6, 6.07) is 28.8. The minimum absolute atomic E-state index is 0.0427. The van der Waals surface area contributed by atoms with Crippen LogP contribution in [-0.2, 0) is 32.6 Å². The molecule has 2 atom stereocenters. The summed E-state index contributed by atoms with van der Waals surface area (Å²) in [5, 5.41) is 3.01. The normalized spacial score (nSPS) is 12.6. The number of rotatable bonds is 13. The molecule has 4 aromatic carbocycles. The Balaban J connectivity index is 1.81. The van der Waals surface area contributed by atoms with Crippen molar-refractivity contribution in [2.45, 2.75) is 57.1 Å². The number of halogens is 1. The zero-order valence-corrected chi connectivity index (χ0v) is 26.0. The largest absolute Gasteiger partial charge is 0.352 e. The van der Waals surface area contributed by atoms with Gasteiger partial charge >= 0.3 is 0 Å². The van der Waals surface area contributed by atoms with Crippen molar-refractivity contribution >= 4 is 27.5 Å². The molecule has 7 nitrogen and oxygen atoms in total. The van der Waals surface area contributed by atoms with Crippen molar-refractivity contribution in [3.63, 3.8) is 0 Å². The fraction of sp³-hybridized carbons (Fsp3) is 0.257. The number of carbonyl (C=O) groups excluding carboxylic acids is 2. The Hall–Kier alpha value is -4.50. The number of hydrogen-bond donors (Lipinski definition) is 1. The van der Waals surface area contributed by atoms with Gasteiger partial charge in [0.05, 0.1) is 10.6 Å². The van der Waals surface area contributed by atoms with Crippen LogP contribution in [0.25, 0.3) is 0 Å². The summed E-state index contributed by atoms with van der Waals surface area (Å²) in [5.74, 6) is -1.79. The van der Waals surface area contributed by atoms with Crippen molar-refractivity contribution in [3.8, 4) is 0 Å². The third-order valence-electron chi connectivity index (χ3n) is 7.48. The van der Waals surface area contributed by atoms with Crippen LogP contribution in [0.2, 0.25) is 0 Å². The van der Waals surface area contributed by atoms with Crippen molar-refractivity contribution in [2.75, 3.05) is 10.8 Å². The summed E-state index contributed by atoms with van der Waals surface area (Å²) in [6.07, 6.45) is 0.887. The molecule has 0 bridgehead atoms. The van der Waals surface area contributed by atoms with Crippen molar-refractivity contribution < 1.29 is 22.4 Å². The van der Waals surface area contributed by atoms with Gasteiger partial charge in [-0.15, -0.1) is 0 Å². The number of aryl methyl sites for hydroxylation is 1. The first-order chi connectivity index (χ1) is 21.1. The smallest absolute Gasteiger partial charge is 0.264 e. The molecule has 0 saturated heterocycles. The molecule has 0 saturated carbocycles. The highest BCUT2D eigenvalue weighted by Crippen LogP contribution is 2.27. The summed E-state index contributed by atoms with van der Waals surface area (Å²) < 4.78 is 43.8. The van der Waals surface area contributed by atoms with E-state index in [1.807, 2.05) is 75.4 Å². The lowest BCUT2D eigenvalue weighted by Crippen LogP contribution is -2.54. The van der Waals surface area contributed by atoms with Gasteiger partial charge in [-0.05, 0) is 55.7 Å². The molecule has 2 amide bonds. The number of amides is 2. The molecule has 0 aliphatic carbocycles. The number of carbonyl (C=O) groups is 2. The van der Waals surface area contributed by atoms with Crippen LogP contribution in [0, 0.1) is 12.7 Å². The molecule has 1 N–H and O–H groups in total. The van der Waals surface area contributed by atoms with Crippen LogP contribution in [0.1, 0.15) is 37.0 Å². The highest BCUT2D eigenvalue weighted by molar-refractivity contribution is 7.92. The van der Waals surface area contributed by atoms with Crippen molar-refractivity contribution in [3.05, 3.63) is 132 Å². The van der Waals surface area contributed by atoms with Gasteiger partial charge < -0.3 is 10.2 Å². The van der Waals surface area contributed by atoms with E-state index in [9.17, 15) is 18.0 Å². The average molecular weight is 616 g/mol. The molecule has 0 aromatic heterocycles. The molecule has 9 heteroatoms. The SMILES string of the molecule is CCC(C)NC(=O)C(Cc1ccccc1)N(Cc1ccc(C)cc1)C(=O)CN(c1ccccc1F)S(=O)(=O)c1ccccc1. The molecular formula is C35H38FN3O4S. The number of hydrogen-bond acceptors (Lipinski definition) is 4. The fourth-order valence-corrected chi connectivity index (χ4v) is 6.22. The summed E-state index contributed by atoms with van der Waals surface area (Å²) in [6.45, 7) is 5.11. The third-order valence-corrected chi connectivity index (χ3v) is 9.25. The second kappa shape index (κ2) is 14.8. The number of anilines is 1. The van der Waals surface area contributed by atoms with Crippen LogP contribution < -0.4 is 9.62 Å². The zero-order chi connectivity index (χ0) is 31.7. The molecule has 0 fully saturated rings. The standard InChI is InChI=1S/C35H38FN3O4S/c1-4-27(3)37-35(41)33(23-28-13-7-5-8-14-28)38(24-29-21-19-26(2)20-22-29)34(40)25-39(32-18-12-11-17-31(32)36)44(42,43)30-15-9-6-10-16-30/h5-22,27,33H,4,23-25H2,1-3H3,(H,37,41). The number of nitrogens with one attached hydrogen (secondary N) is 1. The Morgan fingerprint density at radius 3 is 2.02 bits per heavy atom. The van der Waals surface area contributed by atoms with Crippen LogP contribution in [0.15, 0.2) is 114 Å². The molecule has 4 aromatic rings. The summed E-state index contributed by atoms with van der Waals surface area (Å²) in [7, 11) is -4.37. The molecule has 230 valence electrons. The van der Waals surface area contributed by atoms with Crippen molar-refractivity contribution in [1.82, 2.24) is 10.2 Å². The lowest BCUT2D eigenvalue weighted by Gasteiger charge is -2.34.